The second-order valence-corrected chi connectivity index (χ2v) is 11.1. The van der Waals surface area contributed by atoms with Crippen LogP contribution in [-0.2, 0) is 0 Å². The number of thiocarbonyl (C=S) groups is 1. The summed E-state index contributed by atoms with van der Waals surface area (Å²) in [5, 5.41) is 0.651. The van der Waals surface area contributed by atoms with Gasteiger partial charge in [0.15, 0.2) is 5.05 Å². The van der Waals surface area contributed by atoms with Gasteiger partial charge in [0.1, 0.15) is 14.0 Å². The highest BCUT2D eigenvalue weighted by Crippen LogP contribution is 2.29. The van der Waals surface area contributed by atoms with Gasteiger partial charge in [-0.2, -0.15) is 0 Å². The standard InChI is InChI=1S/C16H23NOSSi/c1-4-14(17-11-8-12-20(17,2)3)13-16(19)18-15-9-6-5-7-10-15/h4-7,9-10,14H,1,8,11-13H2,2-3H3. The van der Waals surface area contributed by atoms with E-state index in [0.29, 0.717) is 11.1 Å². The summed E-state index contributed by atoms with van der Waals surface area (Å²) in [7, 11) is -1.27. The molecule has 0 aliphatic carbocycles. The molecule has 1 unspecified atom stereocenters. The number of benzene rings is 1. The van der Waals surface area contributed by atoms with Gasteiger partial charge in [0.2, 0.25) is 0 Å². The van der Waals surface area contributed by atoms with Gasteiger partial charge in [-0.25, -0.2) is 0 Å². The summed E-state index contributed by atoms with van der Waals surface area (Å²) >= 11 is 5.41. The van der Waals surface area contributed by atoms with E-state index >= 15 is 0 Å². The van der Waals surface area contributed by atoms with Gasteiger partial charge in [0.25, 0.3) is 0 Å². The van der Waals surface area contributed by atoms with Crippen LogP contribution in [0.25, 0.3) is 0 Å². The van der Waals surface area contributed by atoms with E-state index in [-0.39, 0.29) is 0 Å². The Morgan fingerprint density at radius 2 is 2.15 bits per heavy atom. The second kappa shape index (κ2) is 6.65. The average Bonchev–Trinajstić information content (AvgIpc) is 2.77. The van der Waals surface area contributed by atoms with Gasteiger partial charge in [-0.3, -0.25) is 0 Å². The number of para-hydroxylation sites is 1. The third kappa shape index (κ3) is 3.78. The normalized spacial score (nSPS) is 19.5. The van der Waals surface area contributed by atoms with Gasteiger partial charge in [-0.1, -0.05) is 37.4 Å². The summed E-state index contributed by atoms with van der Waals surface area (Å²) in [6, 6.07) is 11.4. The molecule has 0 aromatic heterocycles. The lowest BCUT2D eigenvalue weighted by Gasteiger charge is -2.35. The SMILES string of the molecule is C=CC(CC(=S)Oc1ccccc1)N1CCC[Si]1(C)C. The molecule has 0 saturated carbocycles. The van der Waals surface area contributed by atoms with Crippen LogP contribution in [0.4, 0.5) is 0 Å². The van der Waals surface area contributed by atoms with E-state index in [1.165, 1.54) is 19.0 Å². The summed E-state index contributed by atoms with van der Waals surface area (Å²) in [4.78, 5) is 0. The second-order valence-electron chi connectivity index (χ2n) is 5.90. The molecule has 108 valence electrons. The maximum atomic E-state index is 5.75. The van der Waals surface area contributed by atoms with Gasteiger partial charge >= 0.3 is 0 Å². The molecule has 1 atom stereocenters. The van der Waals surface area contributed by atoms with E-state index in [4.69, 9.17) is 17.0 Å². The van der Waals surface area contributed by atoms with E-state index in [1.54, 1.807) is 0 Å². The van der Waals surface area contributed by atoms with Crippen molar-refractivity contribution in [2.75, 3.05) is 6.54 Å². The zero-order chi connectivity index (χ0) is 14.6. The minimum Gasteiger partial charge on any atom is -0.450 e. The molecule has 1 fully saturated rings. The molecule has 1 aliphatic rings. The average molecular weight is 306 g/mol. The first-order chi connectivity index (χ1) is 9.53. The Kier molecular flexibility index (Phi) is 5.13. The van der Waals surface area contributed by atoms with E-state index in [2.05, 4.69) is 24.2 Å². The Morgan fingerprint density at radius 1 is 1.45 bits per heavy atom. The van der Waals surface area contributed by atoms with Crippen LogP contribution in [0.5, 0.6) is 5.75 Å². The number of nitrogens with zero attached hydrogens (tertiary/aromatic N) is 1. The number of ether oxygens (including phenoxy) is 1. The zero-order valence-electron chi connectivity index (χ0n) is 12.3. The molecule has 20 heavy (non-hydrogen) atoms. The Bertz CT molecular complexity index is 475. The van der Waals surface area contributed by atoms with Crippen molar-refractivity contribution in [2.45, 2.75) is 38.0 Å². The molecular weight excluding hydrogens is 282 g/mol. The summed E-state index contributed by atoms with van der Waals surface area (Å²) in [5.41, 5.74) is 0. The van der Waals surface area contributed by atoms with Crippen molar-refractivity contribution >= 4 is 25.5 Å². The molecular formula is C16H23NOSSi. The molecule has 1 aromatic carbocycles. The Labute approximate surface area is 128 Å². The first-order valence-electron chi connectivity index (χ1n) is 7.18. The molecule has 0 radical (unpaired) electrons. The Morgan fingerprint density at radius 3 is 2.70 bits per heavy atom. The van der Waals surface area contributed by atoms with Crippen LogP contribution in [-0.4, -0.2) is 30.4 Å². The molecule has 4 heteroatoms. The third-order valence-corrected chi connectivity index (χ3v) is 7.93. The fourth-order valence-corrected chi connectivity index (χ4v) is 6.33. The number of rotatable bonds is 5. The third-order valence-electron chi connectivity index (χ3n) is 3.99. The lowest BCUT2D eigenvalue weighted by molar-refractivity contribution is 0.386. The van der Waals surface area contributed by atoms with Crippen LogP contribution in [0.1, 0.15) is 12.8 Å². The molecule has 2 nitrogen and oxygen atoms in total. The van der Waals surface area contributed by atoms with Crippen molar-refractivity contribution in [3.63, 3.8) is 0 Å². The van der Waals surface area contributed by atoms with Crippen LogP contribution >= 0.6 is 12.2 Å². The predicted octanol–water partition coefficient (Wildman–Crippen LogP) is 4.25. The summed E-state index contributed by atoms with van der Waals surface area (Å²) in [6.07, 6.45) is 4.08. The van der Waals surface area contributed by atoms with Crippen LogP contribution in [0.15, 0.2) is 43.0 Å². The van der Waals surface area contributed by atoms with Gasteiger partial charge in [0.05, 0.1) is 0 Å². The summed E-state index contributed by atoms with van der Waals surface area (Å²) in [5.74, 6) is 0.818. The topological polar surface area (TPSA) is 12.5 Å². The van der Waals surface area contributed by atoms with Gasteiger partial charge < -0.3 is 9.30 Å². The number of hydrogen-bond donors (Lipinski definition) is 0. The van der Waals surface area contributed by atoms with Gasteiger partial charge in [-0.15, -0.1) is 6.58 Å². The predicted molar refractivity (Wildman–Crippen MR) is 91.9 cm³/mol. The first-order valence-corrected chi connectivity index (χ1v) is 10.7. The van der Waals surface area contributed by atoms with Crippen LogP contribution in [0.2, 0.25) is 19.1 Å². The molecule has 1 aromatic rings. The van der Waals surface area contributed by atoms with Crippen LogP contribution < -0.4 is 4.74 Å². The van der Waals surface area contributed by atoms with E-state index in [0.717, 1.165) is 12.2 Å². The highest BCUT2D eigenvalue weighted by Gasteiger charge is 2.37. The van der Waals surface area contributed by atoms with Gasteiger partial charge in [0, 0.05) is 12.5 Å². The van der Waals surface area contributed by atoms with Crippen molar-refractivity contribution in [1.29, 1.82) is 0 Å². The lowest BCUT2D eigenvalue weighted by Crippen LogP contribution is -2.49. The van der Waals surface area contributed by atoms with Crippen molar-refractivity contribution in [1.82, 2.24) is 4.57 Å². The van der Waals surface area contributed by atoms with Crippen molar-refractivity contribution in [2.24, 2.45) is 0 Å². The minimum atomic E-state index is -1.27. The van der Waals surface area contributed by atoms with E-state index in [1.807, 2.05) is 36.4 Å². The number of hydrogen-bond acceptors (Lipinski definition) is 3. The Hall–Kier alpha value is -0.973. The summed E-state index contributed by atoms with van der Waals surface area (Å²) in [6.45, 7) is 10.0. The maximum absolute atomic E-state index is 5.75. The maximum Gasteiger partial charge on any atom is 0.169 e. The molecule has 2 rings (SSSR count). The van der Waals surface area contributed by atoms with E-state index < -0.39 is 8.24 Å². The first kappa shape index (κ1) is 15.4. The lowest BCUT2D eigenvalue weighted by atomic mass is 10.2. The van der Waals surface area contributed by atoms with E-state index in [9.17, 15) is 0 Å². The highest BCUT2D eigenvalue weighted by molar-refractivity contribution is 7.80. The molecule has 1 saturated heterocycles. The molecule has 0 bridgehead atoms. The smallest absolute Gasteiger partial charge is 0.169 e. The molecule has 0 spiro atoms. The quantitative estimate of drug-likeness (QED) is 0.458. The fourth-order valence-electron chi connectivity index (χ4n) is 2.90. The molecule has 1 heterocycles. The zero-order valence-corrected chi connectivity index (χ0v) is 14.2. The monoisotopic (exact) mass is 305 g/mol. The molecule has 1 aliphatic heterocycles. The van der Waals surface area contributed by atoms with Crippen LogP contribution in [0, 0.1) is 0 Å². The van der Waals surface area contributed by atoms with Crippen molar-refractivity contribution in [3.05, 3.63) is 43.0 Å². The molecule has 0 amide bonds. The van der Waals surface area contributed by atoms with Crippen molar-refractivity contribution in [3.8, 4) is 5.75 Å². The highest BCUT2D eigenvalue weighted by atomic mass is 32.1. The summed E-state index contributed by atoms with van der Waals surface area (Å²) < 4.78 is 8.37. The minimum absolute atomic E-state index is 0.315. The van der Waals surface area contributed by atoms with Crippen LogP contribution in [0.3, 0.4) is 0 Å². The largest absolute Gasteiger partial charge is 0.450 e. The van der Waals surface area contributed by atoms with Gasteiger partial charge in [-0.05, 0) is 43.4 Å². The fraction of sp³-hybridized carbons (Fsp3) is 0.438. The van der Waals surface area contributed by atoms with Crippen molar-refractivity contribution < 1.29 is 4.74 Å². The molecule has 0 N–H and O–H groups in total. The Balaban J connectivity index is 1.96.